The van der Waals surface area contributed by atoms with Crippen LogP contribution in [-0.2, 0) is 14.3 Å². The normalized spacial score (nSPS) is 13.9. The Balaban J connectivity index is 2.58. The number of halogens is 1. The molecule has 0 spiro atoms. The summed E-state index contributed by atoms with van der Waals surface area (Å²) >= 11 is 0. The van der Waals surface area contributed by atoms with Gasteiger partial charge < -0.3 is 19.9 Å². The van der Waals surface area contributed by atoms with E-state index in [0.29, 0.717) is 0 Å². The molecule has 0 aromatic heterocycles. The van der Waals surface area contributed by atoms with Crippen LogP contribution in [0.2, 0.25) is 0 Å². The number of rotatable bonds is 8. The fourth-order valence-electron chi connectivity index (χ4n) is 1.81. The van der Waals surface area contributed by atoms with E-state index in [1.807, 2.05) is 20.8 Å². The second kappa shape index (κ2) is 8.63. The molecule has 0 bridgehead atoms. The van der Waals surface area contributed by atoms with E-state index in [9.17, 15) is 19.1 Å². The lowest BCUT2D eigenvalue weighted by molar-refractivity contribution is -0.143. The SMILES string of the molecule is CC(Oc1ccccc1F)C(=O)NC(CCOC(C)(C)C)C(=O)O. The Morgan fingerprint density at radius 1 is 1.29 bits per heavy atom. The van der Waals surface area contributed by atoms with E-state index in [4.69, 9.17) is 9.47 Å². The maximum absolute atomic E-state index is 13.5. The maximum atomic E-state index is 13.5. The third kappa shape index (κ3) is 6.95. The molecule has 0 heterocycles. The van der Waals surface area contributed by atoms with Crippen molar-refractivity contribution in [1.82, 2.24) is 5.32 Å². The van der Waals surface area contributed by atoms with Gasteiger partial charge in [0.05, 0.1) is 5.60 Å². The minimum Gasteiger partial charge on any atom is -0.480 e. The first kappa shape index (κ1) is 19.9. The fraction of sp³-hybridized carbons (Fsp3) is 0.529. The van der Waals surface area contributed by atoms with Gasteiger partial charge in [0.25, 0.3) is 5.91 Å². The molecule has 1 rings (SSSR count). The van der Waals surface area contributed by atoms with Crippen LogP contribution in [0.5, 0.6) is 5.75 Å². The van der Waals surface area contributed by atoms with Crippen LogP contribution in [0.4, 0.5) is 4.39 Å². The lowest BCUT2D eigenvalue weighted by atomic mass is 10.1. The van der Waals surface area contributed by atoms with Crippen LogP contribution in [0, 0.1) is 5.82 Å². The Labute approximate surface area is 141 Å². The van der Waals surface area contributed by atoms with Crippen molar-refractivity contribution in [3.05, 3.63) is 30.1 Å². The highest BCUT2D eigenvalue weighted by Gasteiger charge is 2.25. The number of para-hydroxylation sites is 1. The molecule has 134 valence electrons. The molecule has 0 saturated carbocycles. The van der Waals surface area contributed by atoms with Crippen LogP contribution in [0.3, 0.4) is 0 Å². The number of carbonyl (C=O) groups excluding carboxylic acids is 1. The van der Waals surface area contributed by atoms with Gasteiger partial charge in [0.15, 0.2) is 17.7 Å². The van der Waals surface area contributed by atoms with Crippen LogP contribution in [0.1, 0.15) is 34.1 Å². The number of aliphatic carboxylic acids is 1. The van der Waals surface area contributed by atoms with E-state index in [2.05, 4.69) is 5.32 Å². The molecule has 1 amide bonds. The number of amides is 1. The molecule has 7 heteroatoms. The Morgan fingerprint density at radius 3 is 2.46 bits per heavy atom. The van der Waals surface area contributed by atoms with E-state index in [-0.39, 0.29) is 18.8 Å². The summed E-state index contributed by atoms with van der Waals surface area (Å²) in [7, 11) is 0. The van der Waals surface area contributed by atoms with E-state index in [1.165, 1.54) is 25.1 Å². The molecular formula is C17H24FNO5. The Morgan fingerprint density at radius 2 is 1.92 bits per heavy atom. The van der Waals surface area contributed by atoms with Gasteiger partial charge in [-0.15, -0.1) is 0 Å². The summed E-state index contributed by atoms with van der Waals surface area (Å²) < 4.78 is 24.2. The fourth-order valence-corrected chi connectivity index (χ4v) is 1.81. The number of carboxylic acids is 1. The van der Waals surface area contributed by atoms with E-state index in [1.54, 1.807) is 6.07 Å². The third-order valence-corrected chi connectivity index (χ3v) is 3.07. The van der Waals surface area contributed by atoms with Crippen molar-refractivity contribution in [1.29, 1.82) is 0 Å². The smallest absolute Gasteiger partial charge is 0.326 e. The monoisotopic (exact) mass is 341 g/mol. The average Bonchev–Trinajstić information content (AvgIpc) is 2.47. The first-order chi connectivity index (χ1) is 11.1. The predicted octanol–water partition coefficient (Wildman–Crippen LogP) is 2.37. The maximum Gasteiger partial charge on any atom is 0.326 e. The quantitative estimate of drug-likeness (QED) is 0.758. The molecule has 1 aromatic carbocycles. The molecule has 0 fully saturated rings. The first-order valence-electron chi connectivity index (χ1n) is 7.68. The molecule has 24 heavy (non-hydrogen) atoms. The minimum atomic E-state index is -1.17. The number of ether oxygens (including phenoxy) is 2. The lowest BCUT2D eigenvalue weighted by Gasteiger charge is -2.22. The zero-order valence-electron chi connectivity index (χ0n) is 14.3. The van der Waals surface area contributed by atoms with Crippen LogP contribution < -0.4 is 10.1 Å². The molecule has 6 nitrogen and oxygen atoms in total. The van der Waals surface area contributed by atoms with Crippen molar-refractivity contribution in [3.8, 4) is 5.75 Å². The third-order valence-electron chi connectivity index (χ3n) is 3.07. The number of nitrogens with one attached hydrogen (secondary N) is 1. The molecule has 0 aliphatic carbocycles. The van der Waals surface area contributed by atoms with Crippen LogP contribution >= 0.6 is 0 Å². The van der Waals surface area contributed by atoms with Gasteiger partial charge in [-0.25, -0.2) is 9.18 Å². The number of carboxylic acid groups (broad SMARTS) is 1. The number of hydrogen-bond donors (Lipinski definition) is 2. The standard InChI is InChI=1S/C17H24FNO5/c1-11(24-14-8-6-5-7-12(14)18)15(20)19-13(16(21)22)9-10-23-17(2,3)4/h5-8,11,13H,9-10H2,1-4H3,(H,19,20)(H,21,22). The van der Waals surface area contributed by atoms with Gasteiger partial charge >= 0.3 is 5.97 Å². The van der Waals surface area contributed by atoms with Crippen molar-refractivity contribution in [2.75, 3.05) is 6.61 Å². The van der Waals surface area contributed by atoms with Crippen LogP contribution in [0.15, 0.2) is 24.3 Å². The van der Waals surface area contributed by atoms with Crippen molar-refractivity contribution in [2.45, 2.75) is 51.9 Å². The van der Waals surface area contributed by atoms with E-state index < -0.39 is 35.4 Å². The first-order valence-corrected chi connectivity index (χ1v) is 7.68. The zero-order chi connectivity index (χ0) is 18.3. The second-order valence-electron chi connectivity index (χ2n) is 6.34. The molecule has 2 N–H and O–H groups in total. The highest BCUT2D eigenvalue weighted by Crippen LogP contribution is 2.17. The highest BCUT2D eigenvalue weighted by atomic mass is 19.1. The number of hydrogen-bond acceptors (Lipinski definition) is 4. The van der Waals surface area contributed by atoms with Gasteiger partial charge in [-0.05, 0) is 39.8 Å². The average molecular weight is 341 g/mol. The molecular weight excluding hydrogens is 317 g/mol. The van der Waals surface area contributed by atoms with E-state index in [0.717, 1.165) is 0 Å². The lowest BCUT2D eigenvalue weighted by Crippen LogP contribution is -2.47. The summed E-state index contributed by atoms with van der Waals surface area (Å²) in [5.41, 5.74) is -0.395. The van der Waals surface area contributed by atoms with Crippen molar-refractivity contribution < 1.29 is 28.6 Å². The largest absolute Gasteiger partial charge is 0.480 e. The molecule has 0 aliphatic heterocycles. The highest BCUT2D eigenvalue weighted by molar-refractivity contribution is 5.86. The van der Waals surface area contributed by atoms with Crippen LogP contribution in [-0.4, -0.2) is 41.3 Å². The molecule has 2 atom stereocenters. The van der Waals surface area contributed by atoms with Crippen molar-refractivity contribution in [2.24, 2.45) is 0 Å². The summed E-state index contributed by atoms with van der Waals surface area (Å²) in [6.45, 7) is 7.17. The Hall–Kier alpha value is -2.15. The Kier molecular flexibility index (Phi) is 7.16. The number of carbonyl (C=O) groups is 2. The minimum absolute atomic E-state index is 0.0666. The van der Waals surface area contributed by atoms with Crippen molar-refractivity contribution in [3.63, 3.8) is 0 Å². The van der Waals surface area contributed by atoms with E-state index >= 15 is 0 Å². The van der Waals surface area contributed by atoms with Gasteiger partial charge in [-0.3, -0.25) is 4.79 Å². The zero-order valence-corrected chi connectivity index (χ0v) is 14.3. The van der Waals surface area contributed by atoms with Gasteiger partial charge in [-0.2, -0.15) is 0 Å². The molecule has 0 radical (unpaired) electrons. The molecule has 0 aliphatic rings. The summed E-state index contributed by atoms with van der Waals surface area (Å²) in [5, 5.41) is 11.6. The Bertz CT molecular complexity index is 570. The summed E-state index contributed by atoms with van der Waals surface area (Å²) in [4.78, 5) is 23.3. The molecule has 1 aromatic rings. The van der Waals surface area contributed by atoms with Crippen molar-refractivity contribution >= 4 is 11.9 Å². The second-order valence-corrected chi connectivity index (χ2v) is 6.34. The van der Waals surface area contributed by atoms with Crippen LogP contribution in [0.25, 0.3) is 0 Å². The van der Waals surface area contributed by atoms with Gasteiger partial charge in [0.2, 0.25) is 0 Å². The predicted molar refractivity (Wildman–Crippen MR) is 86.4 cm³/mol. The molecule has 0 saturated heterocycles. The summed E-state index contributed by atoms with van der Waals surface area (Å²) in [6, 6.07) is 4.58. The van der Waals surface area contributed by atoms with Gasteiger partial charge in [0.1, 0.15) is 6.04 Å². The number of benzene rings is 1. The molecule has 2 unspecified atom stereocenters. The van der Waals surface area contributed by atoms with Gasteiger partial charge in [0, 0.05) is 13.0 Å². The van der Waals surface area contributed by atoms with Gasteiger partial charge in [-0.1, -0.05) is 12.1 Å². The summed E-state index contributed by atoms with van der Waals surface area (Å²) in [5.74, 6) is -2.46. The topological polar surface area (TPSA) is 84.9 Å². The summed E-state index contributed by atoms with van der Waals surface area (Å²) in [6.07, 6.45) is -0.919.